The Bertz CT molecular complexity index is 394. The first kappa shape index (κ1) is 14.3. The van der Waals surface area contributed by atoms with Crippen molar-refractivity contribution in [2.75, 3.05) is 0 Å². The van der Waals surface area contributed by atoms with Crippen LogP contribution in [0, 0.1) is 0 Å². The Hall–Kier alpha value is -1.78. The van der Waals surface area contributed by atoms with E-state index in [0.717, 1.165) is 12.2 Å². The highest BCUT2D eigenvalue weighted by Crippen LogP contribution is 2.10. The van der Waals surface area contributed by atoms with Gasteiger partial charge in [-0.15, -0.1) is 0 Å². The van der Waals surface area contributed by atoms with E-state index in [4.69, 9.17) is 14.3 Å². The second-order valence-electron chi connectivity index (χ2n) is 3.98. The van der Waals surface area contributed by atoms with E-state index in [0.29, 0.717) is 18.6 Å². The lowest BCUT2D eigenvalue weighted by atomic mass is 10.2. The minimum absolute atomic E-state index is 0.0886. The molecule has 1 N–H and O–H groups in total. The van der Waals surface area contributed by atoms with Crippen LogP contribution in [0.4, 0.5) is 0 Å². The fourth-order valence-electron chi connectivity index (χ4n) is 1.46. The lowest BCUT2D eigenvalue weighted by molar-refractivity contribution is -0.146. The minimum Gasteiger partial charge on any atom is -0.481 e. The fraction of sp³-hybridized carbons (Fsp3) is 0.538. The Kier molecular flexibility index (Phi) is 5.97. The summed E-state index contributed by atoms with van der Waals surface area (Å²) in [4.78, 5) is 21.6. The van der Waals surface area contributed by atoms with Crippen molar-refractivity contribution in [3.8, 4) is 0 Å². The second kappa shape index (κ2) is 7.53. The van der Waals surface area contributed by atoms with Gasteiger partial charge in [0.25, 0.3) is 0 Å². The van der Waals surface area contributed by atoms with Gasteiger partial charge in [0.2, 0.25) is 0 Å². The third kappa shape index (κ3) is 5.52. The number of furan rings is 1. The second-order valence-corrected chi connectivity index (χ2v) is 3.98. The van der Waals surface area contributed by atoms with Gasteiger partial charge >= 0.3 is 11.9 Å². The lowest BCUT2D eigenvalue weighted by Crippen LogP contribution is -2.04. The van der Waals surface area contributed by atoms with Crippen LogP contribution in [0.1, 0.15) is 44.1 Å². The zero-order valence-electron chi connectivity index (χ0n) is 10.5. The predicted molar refractivity (Wildman–Crippen MR) is 64.0 cm³/mol. The number of ether oxygens (including phenoxy) is 1. The molecule has 0 amide bonds. The monoisotopic (exact) mass is 254 g/mol. The maximum Gasteiger partial charge on any atom is 0.306 e. The highest BCUT2D eigenvalue weighted by Gasteiger charge is 2.06. The number of hydrogen-bond donors (Lipinski definition) is 1. The molecule has 18 heavy (non-hydrogen) atoms. The zero-order valence-corrected chi connectivity index (χ0v) is 10.5. The molecule has 0 unspecified atom stereocenters. The van der Waals surface area contributed by atoms with Gasteiger partial charge in [0.05, 0.1) is 0 Å². The Morgan fingerprint density at radius 3 is 2.50 bits per heavy atom. The number of carbonyl (C=O) groups excluding carboxylic acids is 1. The van der Waals surface area contributed by atoms with E-state index in [2.05, 4.69) is 0 Å². The number of carboxylic acid groups (broad SMARTS) is 1. The maximum absolute atomic E-state index is 11.3. The zero-order chi connectivity index (χ0) is 13.4. The molecule has 1 rings (SSSR count). The molecular formula is C13H18O5. The molecule has 0 aliphatic carbocycles. The molecule has 0 atom stereocenters. The number of carboxylic acids is 1. The van der Waals surface area contributed by atoms with Gasteiger partial charge in [-0.05, 0) is 25.0 Å². The number of esters is 1. The largest absolute Gasteiger partial charge is 0.481 e. The first-order valence-electron chi connectivity index (χ1n) is 6.06. The number of hydrogen-bond acceptors (Lipinski definition) is 4. The van der Waals surface area contributed by atoms with Crippen molar-refractivity contribution in [2.45, 2.75) is 45.6 Å². The summed E-state index contributed by atoms with van der Waals surface area (Å²) >= 11 is 0. The van der Waals surface area contributed by atoms with E-state index in [-0.39, 0.29) is 25.4 Å². The molecule has 0 saturated heterocycles. The van der Waals surface area contributed by atoms with E-state index in [9.17, 15) is 9.59 Å². The summed E-state index contributed by atoms with van der Waals surface area (Å²) in [6.07, 6.45) is 2.16. The van der Waals surface area contributed by atoms with Crippen molar-refractivity contribution in [3.63, 3.8) is 0 Å². The summed E-state index contributed by atoms with van der Waals surface area (Å²) in [5.74, 6) is 0.328. The van der Waals surface area contributed by atoms with Gasteiger partial charge in [-0.2, -0.15) is 0 Å². The molecule has 0 bridgehead atoms. The average Bonchev–Trinajstić information content (AvgIpc) is 2.80. The molecule has 5 heteroatoms. The molecular weight excluding hydrogens is 236 g/mol. The van der Waals surface area contributed by atoms with Crippen LogP contribution in [0.5, 0.6) is 0 Å². The Morgan fingerprint density at radius 1 is 1.22 bits per heavy atom. The predicted octanol–water partition coefficient (Wildman–Crippen LogP) is 2.53. The van der Waals surface area contributed by atoms with Crippen molar-refractivity contribution in [1.29, 1.82) is 0 Å². The summed E-state index contributed by atoms with van der Waals surface area (Å²) in [5, 5.41) is 8.43. The van der Waals surface area contributed by atoms with Gasteiger partial charge in [-0.3, -0.25) is 9.59 Å². The van der Waals surface area contributed by atoms with E-state index < -0.39 is 5.97 Å². The lowest BCUT2D eigenvalue weighted by Gasteiger charge is -2.02. The van der Waals surface area contributed by atoms with Gasteiger partial charge in [0.15, 0.2) is 0 Å². The molecule has 0 aliphatic rings. The third-order valence-corrected chi connectivity index (χ3v) is 2.46. The summed E-state index contributed by atoms with van der Waals surface area (Å²) in [7, 11) is 0. The van der Waals surface area contributed by atoms with Crippen molar-refractivity contribution >= 4 is 11.9 Å². The molecule has 0 saturated carbocycles. The van der Waals surface area contributed by atoms with E-state index in [1.807, 2.05) is 13.0 Å². The normalized spacial score (nSPS) is 10.3. The van der Waals surface area contributed by atoms with Crippen LogP contribution in [0.25, 0.3) is 0 Å². The van der Waals surface area contributed by atoms with Crippen LogP contribution >= 0.6 is 0 Å². The minimum atomic E-state index is -0.842. The van der Waals surface area contributed by atoms with Crippen LogP contribution in [0.3, 0.4) is 0 Å². The van der Waals surface area contributed by atoms with Crippen LogP contribution in [-0.4, -0.2) is 17.0 Å². The first-order chi connectivity index (χ1) is 8.61. The van der Waals surface area contributed by atoms with Crippen LogP contribution in [-0.2, 0) is 27.4 Å². The molecule has 1 heterocycles. The first-order valence-corrected chi connectivity index (χ1v) is 6.06. The average molecular weight is 254 g/mol. The van der Waals surface area contributed by atoms with E-state index in [1.54, 1.807) is 6.07 Å². The van der Waals surface area contributed by atoms with Crippen molar-refractivity contribution in [2.24, 2.45) is 0 Å². The number of aliphatic carboxylic acids is 1. The molecule has 0 spiro atoms. The van der Waals surface area contributed by atoms with E-state index in [1.165, 1.54) is 0 Å². The standard InChI is InChI=1S/C13H18O5/c1-2-10-7-8-11(18-10)9-17-13(16)6-4-3-5-12(14)15/h7-8H,2-6,9H2,1H3,(H,14,15). The molecule has 1 aromatic heterocycles. The van der Waals surface area contributed by atoms with Crippen LogP contribution < -0.4 is 0 Å². The quantitative estimate of drug-likeness (QED) is 0.569. The highest BCUT2D eigenvalue weighted by atomic mass is 16.5. The SMILES string of the molecule is CCc1ccc(COC(=O)CCCCC(=O)O)o1. The Morgan fingerprint density at radius 2 is 1.89 bits per heavy atom. The van der Waals surface area contributed by atoms with Gasteiger partial charge in [0, 0.05) is 19.3 Å². The summed E-state index contributed by atoms with van der Waals surface area (Å²) in [6, 6.07) is 3.65. The Balaban J connectivity index is 2.14. The number of aryl methyl sites for hydroxylation is 1. The third-order valence-electron chi connectivity index (χ3n) is 2.46. The maximum atomic E-state index is 11.3. The fourth-order valence-corrected chi connectivity index (χ4v) is 1.46. The molecule has 0 radical (unpaired) electrons. The van der Waals surface area contributed by atoms with Crippen LogP contribution in [0.15, 0.2) is 16.5 Å². The van der Waals surface area contributed by atoms with Gasteiger partial charge in [0.1, 0.15) is 18.1 Å². The number of rotatable bonds is 8. The molecule has 0 fully saturated rings. The molecule has 0 aromatic carbocycles. The Labute approximate surface area is 106 Å². The van der Waals surface area contributed by atoms with Crippen molar-refractivity contribution in [1.82, 2.24) is 0 Å². The van der Waals surface area contributed by atoms with Gasteiger partial charge < -0.3 is 14.3 Å². The van der Waals surface area contributed by atoms with Crippen molar-refractivity contribution < 1.29 is 23.8 Å². The van der Waals surface area contributed by atoms with Gasteiger partial charge in [-0.25, -0.2) is 0 Å². The summed E-state index contributed by atoms with van der Waals surface area (Å²) in [5.41, 5.74) is 0. The molecule has 0 aliphatic heterocycles. The molecule has 1 aromatic rings. The molecule has 5 nitrogen and oxygen atoms in total. The summed E-state index contributed by atoms with van der Waals surface area (Å²) in [6.45, 7) is 2.12. The number of carbonyl (C=O) groups is 2. The highest BCUT2D eigenvalue weighted by molar-refractivity contribution is 5.69. The summed E-state index contributed by atoms with van der Waals surface area (Å²) < 4.78 is 10.4. The van der Waals surface area contributed by atoms with E-state index >= 15 is 0 Å². The number of unbranched alkanes of at least 4 members (excludes halogenated alkanes) is 1. The van der Waals surface area contributed by atoms with Gasteiger partial charge in [-0.1, -0.05) is 6.92 Å². The molecule has 100 valence electrons. The topological polar surface area (TPSA) is 76.7 Å². The van der Waals surface area contributed by atoms with Crippen LogP contribution in [0.2, 0.25) is 0 Å². The van der Waals surface area contributed by atoms with Crippen molar-refractivity contribution in [3.05, 3.63) is 23.7 Å². The smallest absolute Gasteiger partial charge is 0.306 e.